The van der Waals surface area contributed by atoms with E-state index in [1.54, 1.807) is 0 Å². The molecule has 0 atom stereocenters. The summed E-state index contributed by atoms with van der Waals surface area (Å²) in [5, 5.41) is 19.4. The van der Waals surface area contributed by atoms with Gasteiger partial charge in [0, 0.05) is 39.3 Å². The van der Waals surface area contributed by atoms with Gasteiger partial charge in [0.25, 0.3) is 32.6 Å². The van der Waals surface area contributed by atoms with Gasteiger partial charge in [-0.25, -0.2) is 0 Å². The minimum Gasteiger partial charge on any atom is -0.380 e. The summed E-state index contributed by atoms with van der Waals surface area (Å²) in [4.78, 5) is 82.6. The van der Waals surface area contributed by atoms with Crippen molar-refractivity contribution in [3.8, 4) is 0 Å². The van der Waals surface area contributed by atoms with Crippen LogP contribution in [0, 0.1) is 0 Å². The van der Waals surface area contributed by atoms with E-state index < -0.39 is 32.6 Å². The second-order valence-electron chi connectivity index (χ2n) is 15.5. The third kappa shape index (κ3) is 10.4. The minimum absolute atomic E-state index is 0.255. The Labute approximate surface area is 335 Å². The number of hydrogen-bond acceptors (Lipinski definition) is 15. The fourth-order valence-corrected chi connectivity index (χ4v) is 7.56. The number of rotatable bonds is 27. The Morgan fingerprint density at radius 3 is 0.737 bits per heavy atom. The number of hydrogen-bond donors (Lipinski definition) is 6. The van der Waals surface area contributed by atoms with E-state index in [-0.39, 0.29) is 36.7 Å². The van der Waals surface area contributed by atoms with Crippen molar-refractivity contribution in [2.45, 2.75) is 78.9 Å². The van der Waals surface area contributed by atoms with Crippen molar-refractivity contribution in [2.24, 2.45) is 0 Å². The number of nitrogens with zero attached hydrogens (tertiary/aromatic N) is 3. The number of benzene rings is 1. The van der Waals surface area contributed by atoms with Crippen LogP contribution in [0.25, 0.3) is 0 Å². The van der Waals surface area contributed by atoms with Gasteiger partial charge in [0.15, 0.2) is 0 Å². The van der Waals surface area contributed by atoms with Crippen LogP contribution in [0.15, 0.2) is 28.8 Å². The van der Waals surface area contributed by atoms with Crippen LogP contribution in [-0.4, -0.2) is 96.3 Å². The van der Waals surface area contributed by atoms with E-state index in [9.17, 15) is 28.8 Å². The third-order valence-electron chi connectivity index (χ3n) is 10.6. The van der Waals surface area contributed by atoms with Crippen LogP contribution >= 0.6 is 0 Å². The minimum atomic E-state index is -0.563. The zero-order valence-corrected chi connectivity index (χ0v) is 35.4. The van der Waals surface area contributed by atoms with Crippen LogP contribution in [0.5, 0.6) is 0 Å². The number of nitrogens with one attached hydrogen (secondary N) is 6. The molecule has 0 amide bonds. The summed E-state index contributed by atoms with van der Waals surface area (Å²) in [6.07, 6.45) is 4.28. The van der Waals surface area contributed by atoms with Crippen LogP contribution < -0.4 is 64.5 Å². The summed E-state index contributed by atoms with van der Waals surface area (Å²) in [6, 6.07) is 0. The van der Waals surface area contributed by atoms with Crippen LogP contribution in [-0.2, 0) is 38.9 Å². The van der Waals surface area contributed by atoms with E-state index in [4.69, 9.17) is 0 Å². The Balaban J connectivity index is 1.72. The molecule has 312 valence electrons. The first kappa shape index (κ1) is 44.8. The summed E-state index contributed by atoms with van der Waals surface area (Å²) in [5.74, 6) is 0. The van der Waals surface area contributed by atoms with Crippen molar-refractivity contribution < 1.29 is 0 Å². The second kappa shape index (κ2) is 20.5. The first-order valence-electron chi connectivity index (χ1n) is 20.2. The van der Waals surface area contributed by atoms with Crippen LogP contribution in [0.4, 0.5) is 34.1 Å². The summed E-state index contributed by atoms with van der Waals surface area (Å²) in [6.45, 7) is 11.1. The predicted octanol–water partition coefficient (Wildman–Crippen LogP) is 2.09. The molecule has 0 heterocycles. The zero-order chi connectivity index (χ0) is 42.0. The highest BCUT2D eigenvalue weighted by molar-refractivity contribution is 5.76. The average Bonchev–Trinajstić information content (AvgIpc) is 3.18. The molecule has 0 aliphatic carbocycles. The van der Waals surface area contributed by atoms with Crippen molar-refractivity contribution in [3.05, 3.63) is 94.7 Å². The SMILES string of the molecule is CCc1c(CNc2c(NCCCN(C)C)c(=O)c2=O)c(CC)c(CNc2c(NCCCN(C)C)c(=O)c2=O)c(CC)c1CNc1c(NCCCN(C)C)c(=O)c1=O. The highest BCUT2D eigenvalue weighted by Crippen LogP contribution is 2.33. The molecule has 6 N–H and O–H groups in total. The van der Waals surface area contributed by atoms with E-state index in [0.717, 1.165) is 72.3 Å². The van der Waals surface area contributed by atoms with Gasteiger partial charge in [0.05, 0.1) is 0 Å². The molecule has 0 aliphatic heterocycles. The van der Waals surface area contributed by atoms with Gasteiger partial charge in [-0.2, -0.15) is 0 Å². The van der Waals surface area contributed by atoms with E-state index >= 15 is 0 Å². The molecular weight excluding hydrogens is 727 g/mol. The van der Waals surface area contributed by atoms with E-state index in [1.165, 1.54) is 0 Å². The molecule has 4 rings (SSSR count). The van der Waals surface area contributed by atoms with Gasteiger partial charge in [-0.15, -0.1) is 0 Å². The topological polar surface area (TPSA) is 184 Å². The summed E-state index contributed by atoms with van der Waals surface area (Å²) in [7, 11) is 11.9. The van der Waals surface area contributed by atoms with Gasteiger partial charge in [-0.05, 0) is 134 Å². The van der Waals surface area contributed by atoms with Crippen LogP contribution in [0.3, 0.4) is 0 Å². The fourth-order valence-electron chi connectivity index (χ4n) is 7.56. The van der Waals surface area contributed by atoms with Gasteiger partial charge >= 0.3 is 0 Å². The molecular formula is C42H63N9O6. The van der Waals surface area contributed by atoms with Crippen molar-refractivity contribution in [3.63, 3.8) is 0 Å². The molecule has 0 spiro atoms. The molecule has 15 nitrogen and oxygen atoms in total. The fraction of sp³-hybridized carbons (Fsp3) is 0.571. The quantitative estimate of drug-likeness (QED) is 0.0381. The summed E-state index contributed by atoms with van der Waals surface area (Å²) < 4.78 is 0. The molecule has 4 aromatic rings. The molecule has 0 saturated heterocycles. The van der Waals surface area contributed by atoms with Gasteiger partial charge in [-0.3, -0.25) is 28.8 Å². The molecule has 15 heteroatoms. The lowest BCUT2D eigenvalue weighted by Gasteiger charge is -2.28. The van der Waals surface area contributed by atoms with Crippen molar-refractivity contribution in [1.82, 2.24) is 14.7 Å². The van der Waals surface area contributed by atoms with Gasteiger partial charge < -0.3 is 46.6 Å². The molecule has 0 radical (unpaired) electrons. The Morgan fingerprint density at radius 2 is 0.544 bits per heavy atom. The standard InChI is InChI=1S/C42H63N9O6/c1-10-25-28(22-46-34-31(37(52)40(34)55)43-16-13-19-49(4)5)26(11-2)30(24-48-36-33(39(54)42(36)57)45-18-15-21-51(8)9)27(12-3)29(25)23-47-35-32(38(53)41(35)56)44-17-14-20-50(6)7/h43-48H,10-24H2,1-9H3. The first-order valence-corrected chi connectivity index (χ1v) is 20.2. The molecule has 0 saturated carbocycles. The average molecular weight is 790 g/mol. The maximum atomic E-state index is 12.9. The van der Waals surface area contributed by atoms with Crippen molar-refractivity contribution in [2.75, 3.05) is 113 Å². The Morgan fingerprint density at radius 1 is 0.333 bits per heavy atom. The lowest BCUT2D eigenvalue weighted by molar-refractivity contribution is 0.405. The van der Waals surface area contributed by atoms with Crippen molar-refractivity contribution in [1.29, 1.82) is 0 Å². The van der Waals surface area contributed by atoms with Crippen LogP contribution in [0.2, 0.25) is 0 Å². The lowest BCUT2D eigenvalue weighted by atomic mass is 9.83. The summed E-state index contributed by atoms with van der Waals surface area (Å²) >= 11 is 0. The summed E-state index contributed by atoms with van der Waals surface area (Å²) in [5.41, 5.74) is 4.31. The third-order valence-corrected chi connectivity index (χ3v) is 10.6. The molecule has 0 unspecified atom stereocenters. The monoisotopic (exact) mass is 789 g/mol. The molecule has 0 aromatic heterocycles. The van der Waals surface area contributed by atoms with Crippen LogP contribution in [0.1, 0.15) is 73.4 Å². The highest BCUT2D eigenvalue weighted by Gasteiger charge is 2.27. The Kier molecular flexibility index (Phi) is 16.2. The van der Waals surface area contributed by atoms with E-state index in [1.807, 2.05) is 42.3 Å². The predicted molar refractivity (Wildman–Crippen MR) is 236 cm³/mol. The van der Waals surface area contributed by atoms with Gasteiger partial charge in [0.1, 0.15) is 34.1 Å². The Hall–Kier alpha value is -4.86. The van der Waals surface area contributed by atoms with Crippen molar-refractivity contribution >= 4 is 34.1 Å². The smallest absolute Gasteiger partial charge is 0.253 e. The molecule has 4 aromatic carbocycles. The maximum absolute atomic E-state index is 12.9. The second-order valence-corrected chi connectivity index (χ2v) is 15.5. The van der Waals surface area contributed by atoms with E-state index in [0.29, 0.717) is 56.0 Å². The molecule has 0 bridgehead atoms. The normalized spacial score (nSPS) is 11.8. The number of anilines is 6. The van der Waals surface area contributed by atoms with Gasteiger partial charge in [0.2, 0.25) is 0 Å². The maximum Gasteiger partial charge on any atom is 0.253 e. The van der Waals surface area contributed by atoms with E-state index in [2.05, 4.69) is 67.4 Å². The van der Waals surface area contributed by atoms with Gasteiger partial charge in [-0.1, -0.05) is 20.8 Å². The largest absolute Gasteiger partial charge is 0.380 e. The highest BCUT2D eigenvalue weighted by atomic mass is 16.2. The zero-order valence-electron chi connectivity index (χ0n) is 35.4. The molecule has 57 heavy (non-hydrogen) atoms. The lowest BCUT2D eigenvalue weighted by Crippen LogP contribution is -2.38. The molecule has 0 aliphatic rings. The first-order chi connectivity index (χ1) is 27.2. The Bertz CT molecular complexity index is 1930. The molecule has 0 fully saturated rings.